The van der Waals surface area contributed by atoms with Gasteiger partial charge in [-0.25, -0.2) is 0 Å². The fourth-order valence-corrected chi connectivity index (χ4v) is 1.36. The molecule has 3 N–H and O–H groups in total. The molecule has 1 rings (SSSR count). The summed E-state index contributed by atoms with van der Waals surface area (Å²) in [6.45, 7) is 2.90. The Bertz CT molecular complexity index is 300. The molecule has 0 aromatic heterocycles. The summed E-state index contributed by atoms with van der Waals surface area (Å²) in [5, 5.41) is 8.61. The van der Waals surface area contributed by atoms with E-state index in [1.165, 1.54) is 0 Å². The van der Waals surface area contributed by atoms with Crippen LogP contribution in [-0.4, -0.2) is 18.3 Å². The molecule has 0 aliphatic carbocycles. The lowest BCUT2D eigenvalue weighted by atomic mass is 10.2. The Morgan fingerprint density at radius 1 is 1.27 bits per heavy atom. The molecule has 0 fully saturated rings. The lowest BCUT2D eigenvalue weighted by molar-refractivity contribution is 0.265. The minimum atomic E-state index is 0.261. The van der Waals surface area contributed by atoms with Gasteiger partial charge in [-0.3, -0.25) is 0 Å². The van der Waals surface area contributed by atoms with Gasteiger partial charge in [0.2, 0.25) is 0 Å². The van der Waals surface area contributed by atoms with Crippen molar-refractivity contribution in [3.05, 3.63) is 23.8 Å². The van der Waals surface area contributed by atoms with Gasteiger partial charge in [0.1, 0.15) is 5.75 Å². The van der Waals surface area contributed by atoms with E-state index >= 15 is 0 Å². The topological polar surface area (TPSA) is 55.5 Å². The number of rotatable bonds is 6. The molecule has 0 spiro atoms. The van der Waals surface area contributed by atoms with Crippen LogP contribution >= 0.6 is 0 Å². The molecule has 0 amide bonds. The first-order chi connectivity index (χ1) is 7.25. The molecule has 0 radical (unpaired) electrons. The number of aliphatic hydroxyl groups is 1. The SMILES string of the molecule is Cc1c(N)cccc1OCCCCCO. The van der Waals surface area contributed by atoms with Crippen LogP contribution in [0, 0.1) is 6.92 Å². The number of hydrogen-bond donors (Lipinski definition) is 2. The quantitative estimate of drug-likeness (QED) is 0.557. The van der Waals surface area contributed by atoms with E-state index in [-0.39, 0.29) is 6.61 Å². The Labute approximate surface area is 90.9 Å². The third kappa shape index (κ3) is 3.80. The van der Waals surface area contributed by atoms with Gasteiger partial charge in [-0.15, -0.1) is 0 Å². The van der Waals surface area contributed by atoms with E-state index in [1.54, 1.807) is 0 Å². The molecule has 3 nitrogen and oxygen atoms in total. The maximum Gasteiger partial charge on any atom is 0.124 e. The van der Waals surface area contributed by atoms with Crippen LogP contribution in [0.5, 0.6) is 5.75 Å². The van der Waals surface area contributed by atoms with Gasteiger partial charge in [-0.05, 0) is 38.3 Å². The molecule has 1 aromatic carbocycles. The highest BCUT2D eigenvalue weighted by Gasteiger charge is 2.01. The number of ether oxygens (including phenoxy) is 1. The second-order valence-corrected chi connectivity index (χ2v) is 3.60. The fourth-order valence-electron chi connectivity index (χ4n) is 1.36. The smallest absolute Gasteiger partial charge is 0.124 e. The molecular weight excluding hydrogens is 190 g/mol. The number of hydrogen-bond acceptors (Lipinski definition) is 3. The Morgan fingerprint density at radius 2 is 2.07 bits per heavy atom. The molecule has 0 saturated carbocycles. The number of anilines is 1. The molecule has 0 atom stereocenters. The average Bonchev–Trinajstić information content (AvgIpc) is 2.24. The zero-order chi connectivity index (χ0) is 11.1. The van der Waals surface area contributed by atoms with E-state index in [9.17, 15) is 0 Å². The van der Waals surface area contributed by atoms with E-state index < -0.39 is 0 Å². The first kappa shape index (κ1) is 11.9. The fraction of sp³-hybridized carbons (Fsp3) is 0.500. The Morgan fingerprint density at radius 3 is 2.80 bits per heavy atom. The highest BCUT2D eigenvalue weighted by molar-refractivity contribution is 5.53. The summed E-state index contributed by atoms with van der Waals surface area (Å²) in [7, 11) is 0. The molecule has 0 heterocycles. The van der Waals surface area contributed by atoms with Crippen LogP contribution in [0.25, 0.3) is 0 Å². The predicted octanol–water partition coefficient (Wildman–Crippen LogP) is 2.12. The maximum absolute atomic E-state index is 8.61. The predicted molar refractivity (Wildman–Crippen MR) is 62.0 cm³/mol. The second-order valence-electron chi connectivity index (χ2n) is 3.60. The van der Waals surface area contributed by atoms with Gasteiger partial charge in [-0.2, -0.15) is 0 Å². The van der Waals surface area contributed by atoms with E-state index in [2.05, 4.69) is 0 Å². The molecule has 84 valence electrons. The zero-order valence-electron chi connectivity index (χ0n) is 9.20. The van der Waals surface area contributed by atoms with Crippen LogP contribution in [0.3, 0.4) is 0 Å². The molecule has 0 aliphatic heterocycles. The van der Waals surface area contributed by atoms with Gasteiger partial charge < -0.3 is 15.6 Å². The molecule has 0 saturated heterocycles. The first-order valence-electron chi connectivity index (χ1n) is 5.34. The summed E-state index contributed by atoms with van der Waals surface area (Å²) in [5.74, 6) is 0.860. The van der Waals surface area contributed by atoms with Crippen molar-refractivity contribution in [3.63, 3.8) is 0 Å². The summed E-state index contributed by atoms with van der Waals surface area (Å²) in [4.78, 5) is 0. The maximum atomic E-state index is 8.61. The van der Waals surface area contributed by atoms with Crippen molar-refractivity contribution in [1.29, 1.82) is 0 Å². The molecule has 1 aromatic rings. The lowest BCUT2D eigenvalue weighted by Crippen LogP contribution is -2.01. The summed E-state index contributed by atoms with van der Waals surface area (Å²) >= 11 is 0. The second kappa shape index (κ2) is 6.30. The largest absolute Gasteiger partial charge is 0.493 e. The van der Waals surface area contributed by atoms with Gasteiger partial charge >= 0.3 is 0 Å². The van der Waals surface area contributed by atoms with Gasteiger partial charge in [0.05, 0.1) is 6.61 Å². The average molecular weight is 209 g/mol. The van der Waals surface area contributed by atoms with Gasteiger partial charge in [0.15, 0.2) is 0 Å². The molecule has 15 heavy (non-hydrogen) atoms. The van der Waals surface area contributed by atoms with Crippen molar-refractivity contribution in [1.82, 2.24) is 0 Å². The molecule has 0 unspecified atom stereocenters. The van der Waals surface area contributed by atoms with E-state index in [1.807, 2.05) is 25.1 Å². The normalized spacial score (nSPS) is 10.3. The van der Waals surface area contributed by atoms with Crippen molar-refractivity contribution >= 4 is 5.69 Å². The van der Waals surface area contributed by atoms with Crippen LogP contribution in [-0.2, 0) is 0 Å². The standard InChI is InChI=1S/C12H19NO2/c1-10-11(13)6-5-7-12(10)15-9-4-2-3-8-14/h5-7,14H,2-4,8-9,13H2,1H3. The summed E-state index contributed by atoms with van der Waals surface area (Å²) in [6, 6.07) is 5.69. The number of nitrogens with two attached hydrogens (primary N) is 1. The summed E-state index contributed by atoms with van der Waals surface area (Å²) in [6.07, 6.45) is 2.81. The van der Waals surface area contributed by atoms with Crippen molar-refractivity contribution in [2.24, 2.45) is 0 Å². The Hall–Kier alpha value is -1.22. The van der Waals surface area contributed by atoms with Crippen molar-refractivity contribution < 1.29 is 9.84 Å². The van der Waals surface area contributed by atoms with Crippen LogP contribution < -0.4 is 10.5 Å². The van der Waals surface area contributed by atoms with Gasteiger partial charge in [0.25, 0.3) is 0 Å². The number of unbranched alkanes of at least 4 members (excludes halogenated alkanes) is 2. The molecule has 0 aliphatic rings. The molecule has 0 bridgehead atoms. The van der Waals surface area contributed by atoms with E-state index in [0.29, 0.717) is 6.61 Å². The monoisotopic (exact) mass is 209 g/mol. The van der Waals surface area contributed by atoms with Crippen LogP contribution in [0.15, 0.2) is 18.2 Å². The van der Waals surface area contributed by atoms with Crippen molar-refractivity contribution in [2.75, 3.05) is 18.9 Å². The number of aliphatic hydroxyl groups excluding tert-OH is 1. The first-order valence-corrected chi connectivity index (χ1v) is 5.34. The minimum absolute atomic E-state index is 0.261. The number of benzene rings is 1. The Kier molecular flexibility index (Phi) is 4.98. The summed E-state index contributed by atoms with van der Waals surface area (Å²) in [5.41, 5.74) is 7.53. The van der Waals surface area contributed by atoms with Crippen molar-refractivity contribution in [3.8, 4) is 5.75 Å². The van der Waals surface area contributed by atoms with Crippen molar-refractivity contribution in [2.45, 2.75) is 26.2 Å². The highest BCUT2D eigenvalue weighted by Crippen LogP contribution is 2.22. The highest BCUT2D eigenvalue weighted by atomic mass is 16.5. The zero-order valence-corrected chi connectivity index (χ0v) is 9.20. The third-order valence-corrected chi connectivity index (χ3v) is 2.39. The molecular formula is C12H19NO2. The summed E-state index contributed by atoms with van der Waals surface area (Å²) < 4.78 is 5.60. The lowest BCUT2D eigenvalue weighted by Gasteiger charge is -2.10. The van der Waals surface area contributed by atoms with E-state index in [4.69, 9.17) is 15.6 Å². The molecule has 3 heteroatoms. The Balaban J connectivity index is 2.34. The minimum Gasteiger partial charge on any atom is -0.493 e. The van der Waals surface area contributed by atoms with Crippen LogP contribution in [0.1, 0.15) is 24.8 Å². The third-order valence-electron chi connectivity index (χ3n) is 2.39. The van der Waals surface area contributed by atoms with Gasteiger partial charge in [0, 0.05) is 17.9 Å². The number of nitrogen functional groups attached to an aromatic ring is 1. The van der Waals surface area contributed by atoms with Gasteiger partial charge in [-0.1, -0.05) is 6.07 Å². The van der Waals surface area contributed by atoms with E-state index in [0.717, 1.165) is 36.3 Å². The van der Waals surface area contributed by atoms with Crippen LogP contribution in [0.2, 0.25) is 0 Å². The van der Waals surface area contributed by atoms with Crippen LogP contribution in [0.4, 0.5) is 5.69 Å².